The van der Waals surface area contributed by atoms with E-state index < -0.39 is 0 Å². The van der Waals surface area contributed by atoms with Crippen molar-refractivity contribution in [3.63, 3.8) is 0 Å². The van der Waals surface area contributed by atoms with Crippen molar-refractivity contribution >= 4 is 5.97 Å². The Hall–Kier alpha value is -0.830. The number of esters is 1. The van der Waals surface area contributed by atoms with Crippen LogP contribution in [0.25, 0.3) is 0 Å². The van der Waals surface area contributed by atoms with E-state index in [2.05, 4.69) is 13.5 Å². The van der Waals surface area contributed by atoms with Gasteiger partial charge in [-0.3, -0.25) is 0 Å². The Morgan fingerprint density at radius 2 is 1.45 bits per heavy atom. The van der Waals surface area contributed by atoms with Gasteiger partial charge in [-0.2, -0.15) is 0 Å². The van der Waals surface area contributed by atoms with E-state index in [0.29, 0.717) is 12.2 Å². The molecule has 0 aromatic rings. The fourth-order valence-corrected chi connectivity index (χ4v) is 2.26. The first-order valence-electron chi connectivity index (χ1n) is 9.02. The second kappa shape index (κ2) is 15.1. The van der Waals surface area contributed by atoms with Gasteiger partial charge < -0.3 is 9.47 Å². The van der Waals surface area contributed by atoms with Crippen molar-refractivity contribution < 1.29 is 14.3 Å². The van der Waals surface area contributed by atoms with Crippen LogP contribution in [0.4, 0.5) is 0 Å². The second-order valence-corrected chi connectivity index (χ2v) is 6.25. The van der Waals surface area contributed by atoms with E-state index in [1.807, 2.05) is 6.92 Å². The van der Waals surface area contributed by atoms with Gasteiger partial charge in [0, 0.05) is 12.2 Å². The molecule has 0 saturated carbocycles. The number of rotatable bonds is 15. The lowest BCUT2D eigenvalue weighted by atomic mass is 10.1. The van der Waals surface area contributed by atoms with Gasteiger partial charge in [0.2, 0.25) is 0 Å². The number of unbranched alkanes of at least 4 members (excludes halogenated alkanes) is 9. The Labute approximate surface area is 137 Å². The van der Waals surface area contributed by atoms with E-state index in [0.717, 1.165) is 13.0 Å². The van der Waals surface area contributed by atoms with Crippen molar-refractivity contribution in [2.75, 3.05) is 13.2 Å². The van der Waals surface area contributed by atoms with Crippen molar-refractivity contribution in [3.8, 4) is 0 Å². The van der Waals surface area contributed by atoms with Crippen molar-refractivity contribution in [3.05, 3.63) is 12.2 Å². The minimum absolute atomic E-state index is 0.202. The maximum atomic E-state index is 11.3. The van der Waals surface area contributed by atoms with Gasteiger partial charge in [-0.15, -0.1) is 0 Å². The summed E-state index contributed by atoms with van der Waals surface area (Å²) < 4.78 is 10.7. The summed E-state index contributed by atoms with van der Waals surface area (Å²) in [4.78, 5) is 11.3. The Morgan fingerprint density at radius 3 is 1.95 bits per heavy atom. The molecule has 0 aromatic heterocycles. The first kappa shape index (κ1) is 21.2. The Balaban J connectivity index is 3.23. The molecule has 22 heavy (non-hydrogen) atoms. The molecule has 3 heteroatoms. The summed E-state index contributed by atoms with van der Waals surface area (Å²) in [6.45, 7) is 10.5. The molecule has 0 bridgehead atoms. The predicted octanol–water partition coefficient (Wildman–Crippen LogP) is 5.43. The quantitative estimate of drug-likeness (QED) is 0.230. The van der Waals surface area contributed by atoms with Gasteiger partial charge in [-0.1, -0.05) is 71.3 Å². The third-order valence-electron chi connectivity index (χ3n) is 3.65. The average Bonchev–Trinajstić information content (AvgIpc) is 2.48. The molecule has 1 atom stereocenters. The SMILES string of the molecule is C=C(C)C(=O)OC(C)COCCCCCCCCCCCC. The zero-order valence-corrected chi connectivity index (χ0v) is 15.0. The summed E-state index contributed by atoms with van der Waals surface area (Å²) >= 11 is 0. The molecule has 0 rings (SSSR count). The van der Waals surface area contributed by atoms with Crippen LogP contribution < -0.4 is 0 Å². The largest absolute Gasteiger partial charge is 0.457 e. The zero-order valence-electron chi connectivity index (χ0n) is 15.0. The number of hydrogen-bond donors (Lipinski definition) is 0. The van der Waals surface area contributed by atoms with Crippen molar-refractivity contribution in [1.82, 2.24) is 0 Å². The van der Waals surface area contributed by atoms with Crippen LogP contribution in [-0.2, 0) is 14.3 Å². The number of carbonyl (C=O) groups is 1. The minimum Gasteiger partial charge on any atom is -0.457 e. The molecular weight excluding hydrogens is 276 g/mol. The summed E-state index contributed by atoms with van der Waals surface area (Å²) in [5.41, 5.74) is 0.432. The van der Waals surface area contributed by atoms with Gasteiger partial charge in [0.15, 0.2) is 0 Å². The van der Waals surface area contributed by atoms with Gasteiger partial charge in [-0.05, 0) is 20.3 Å². The molecule has 0 saturated heterocycles. The Bertz CT molecular complexity index is 286. The molecule has 130 valence electrons. The molecule has 0 aliphatic rings. The second-order valence-electron chi connectivity index (χ2n) is 6.25. The number of hydrogen-bond acceptors (Lipinski definition) is 3. The highest BCUT2D eigenvalue weighted by Crippen LogP contribution is 2.10. The highest BCUT2D eigenvalue weighted by molar-refractivity contribution is 5.87. The molecular formula is C19H36O3. The first-order chi connectivity index (χ1) is 10.6. The zero-order chi connectivity index (χ0) is 16.6. The highest BCUT2D eigenvalue weighted by atomic mass is 16.6. The van der Waals surface area contributed by atoms with Gasteiger partial charge in [0.25, 0.3) is 0 Å². The van der Waals surface area contributed by atoms with Crippen molar-refractivity contribution in [2.24, 2.45) is 0 Å². The molecule has 0 radical (unpaired) electrons. The van der Waals surface area contributed by atoms with Crippen LogP contribution in [0.15, 0.2) is 12.2 Å². The van der Waals surface area contributed by atoms with E-state index >= 15 is 0 Å². The van der Waals surface area contributed by atoms with Gasteiger partial charge in [0.1, 0.15) is 6.10 Å². The van der Waals surface area contributed by atoms with Crippen LogP contribution in [0.5, 0.6) is 0 Å². The molecule has 0 amide bonds. The van der Waals surface area contributed by atoms with E-state index in [9.17, 15) is 4.79 Å². The molecule has 0 aliphatic carbocycles. The first-order valence-corrected chi connectivity index (χ1v) is 9.02. The van der Waals surface area contributed by atoms with Crippen LogP contribution in [-0.4, -0.2) is 25.3 Å². The van der Waals surface area contributed by atoms with E-state index in [-0.39, 0.29) is 12.1 Å². The normalized spacial score (nSPS) is 12.1. The molecule has 1 unspecified atom stereocenters. The van der Waals surface area contributed by atoms with Crippen LogP contribution in [0.3, 0.4) is 0 Å². The van der Waals surface area contributed by atoms with Crippen molar-refractivity contribution in [2.45, 2.75) is 91.1 Å². The van der Waals surface area contributed by atoms with E-state index in [1.54, 1.807) is 6.92 Å². The highest BCUT2D eigenvalue weighted by Gasteiger charge is 2.09. The molecule has 0 aromatic carbocycles. The molecule has 0 aliphatic heterocycles. The number of carbonyl (C=O) groups excluding carboxylic acids is 1. The van der Waals surface area contributed by atoms with Crippen LogP contribution >= 0.6 is 0 Å². The lowest BCUT2D eigenvalue weighted by molar-refractivity contribution is -0.146. The molecule has 0 heterocycles. The lowest BCUT2D eigenvalue weighted by Gasteiger charge is -2.13. The van der Waals surface area contributed by atoms with Gasteiger partial charge in [-0.25, -0.2) is 4.79 Å². The van der Waals surface area contributed by atoms with E-state index in [4.69, 9.17) is 9.47 Å². The predicted molar refractivity (Wildman–Crippen MR) is 93.0 cm³/mol. The van der Waals surface area contributed by atoms with Crippen molar-refractivity contribution in [1.29, 1.82) is 0 Å². The minimum atomic E-state index is -0.338. The molecule has 0 N–H and O–H groups in total. The fourth-order valence-electron chi connectivity index (χ4n) is 2.26. The summed E-state index contributed by atoms with van der Waals surface area (Å²) in [7, 11) is 0. The lowest BCUT2D eigenvalue weighted by Crippen LogP contribution is -2.20. The monoisotopic (exact) mass is 312 g/mol. The summed E-state index contributed by atoms with van der Waals surface area (Å²) in [6, 6.07) is 0. The molecule has 0 fully saturated rings. The Kier molecular flexibility index (Phi) is 14.5. The summed E-state index contributed by atoms with van der Waals surface area (Å²) in [5.74, 6) is -0.338. The number of ether oxygens (including phenoxy) is 2. The molecule has 0 spiro atoms. The topological polar surface area (TPSA) is 35.5 Å². The van der Waals surface area contributed by atoms with Crippen LogP contribution in [0.1, 0.15) is 85.0 Å². The summed E-state index contributed by atoms with van der Waals surface area (Å²) in [6.07, 6.45) is 13.0. The third-order valence-corrected chi connectivity index (χ3v) is 3.65. The van der Waals surface area contributed by atoms with E-state index in [1.165, 1.54) is 57.8 Å². The maximum absolute atomic E-state index is 11.3. The standard InChI is InChI=1S/C19H36O3/c1-5-6-7-8-9-10-11-12-13-14-15-21-16-18(4)22-19(20)17(2)3/h18H,2,5-16H2,1,3-4H3. The third kappa shape index (κ3) is 14.1. The fraction of sp³-hybridized carbons (Fsp3) is 0.842. The average molecular weight is 312 g/mol. The summed E-state index contributed by atoms with van der Waals surface area (Å²) in [5, 5.41) is 0. The molecule has 3 nitrogen and oxygen atoms in total. The Morgan fingerprint density at radius 1 is 0.955 bits per heavy atom. The van der Waals surface area contributed by atoms with Crippen LogP contribution in [0, 0.1) is 0 Å². The van der Waals surface area contributed by atoms with Crippen LogP contribution in [0.2, 0.25) is 0 Å². The maximum Gasteiger partial charge on any atom is 0.333 e. The van der Waals surface area contributed by atoms with Gasteiger partial charge in [0.05, 0.1) is 6.61 Å². The van der Waals surface area contributed by atoms with Gasteiger partial charge >= 0.3 is 5.97 Å². The smallest absolute Gasteiger partial charge is 0.333 e.